The number of anilines is 2. The van der Waals surface area contributed by atoms with Crippen LogP contribution in [0.3, 0.4) is 0 Å². The van der Waals surface area contributed by atoms with Gasteiger partial charge in [0.05, 0.1) is 28.7 Å². The number of pyridine rings is 1. The summed E-state index contributed by atoms with van der Waals surface area (Å²) in [4.78, 5) is 32.1. The maximum absolute atomic E-state index is 15.3. The molecule has 10 heteroatoms. The summed E-state index contributed by atoms with van der Waals surface area (Å²) < 4.78 is 57.8. The Hall–Kier alpha value is -4.31. The quantitative estimate of drug-likeness (QED) is 0.233. The van der Waals surface area contributed by atoms with Crippen LogP contribution in [0.1, 0.15) is 26.3 Å². The maximum Gasteiger partial charge on any atom is 0.255 e. The van der Waals surface area contributed by atoms with E-state index in [1.165, 1.54) is 30.3 Å². The number of nitrogens with zero attached hydrogens (tertiary/aromatic N) is 2. The van der Waals surface area contributed by atoms with Gasteiger partial charge < -0.3 is 15.5 Å². The molecule has 1 fully saturated rings. The van der Waals surface area contributed by atoms with Gasteiger partial charge in [0.15, 0.2) is 23.2 Å². The number of aromatic nitrogens is 1. The zero-order valence-electron chi connectivity index (χ0n) is 19.3. The third-order valence-electron chi connectivity index (χ3n) is 6.13. The third-order valence-corrected chi connectivity index (χ3v) is 6.13. The van der Waals surface area contributed by atoms with E-state index in [9.17, 15) is 22.8 Å². The Morgan fingerprint density at radius 1 is 0.892 bits per heavy atom. The zero-order chi connectivity index (χ0) is 26.1. The largest absolute Gasteiger partial charge is 0.368 e. The lowest BCUT2D eigenvalue weighted by Crippen LogP contribution is -2.43. The number of ketones is 1. The number of benzene rings is 3. The Morgan fingerprint density at radius 2 is 1.68 bits per heavy atom. The standard InChI is InChI=1S/C27H20F4N4O2/c28-18-3-1-2-16(11-18)27(37)34-22-13-20(29)24(30)23(25(22)31)26(36)15-4-5-21-17(10-15)12-19(14-33-21)35-8-6-32-7-9-35/h1-5,10-14,32H,6-9H2,(H,34,37). The van der Waals surface area contributed by atoms with Gasteiger partial charge in [-0.1, -0.05) is 6.07 Å². The van der Waals surface area contributed by atoms with Crippen molar-refractivity contribution >= 4 is 34.0 Å². The molecule has 3 aromatic carbocycles. The van der Waals surface area contributed by atoms with Crippen molar-refractivity contribution in [3.8, 4) is 0 Å². The number of amides is 1. The molecule has 0 bridgehead atoms. The molecule has 1 saturated heterocycles. The monoisotopic (exact) mass is 508 g/mol. The van der Waals surface area contributed by atoms with Crippen LogP contribution < -0.4 is 15.5 Å². The molecule has 188 valence electrons. The van der Waals surface area contributed by atoms with Crippen LogP contribution in [-0.2, 0) is 0 Å². The lowest BCUT2D eigenvalue weighted by atomic mass is 9.99. The van der Waals surface area contributed by atoms with E-state index in [0.717, 1.165) is 44.0 Å². The molecule has 6 nitrogen and oxygen atoms in total. The lowest BCUT2D eigenvalue weighted by Gasteiger charge is -2.29. The molecule has 1 amide bonds. The summed E-state index contributed by atoms with van der Waals surface area (Å²) in [5.41, 5.74) is -0.750. The second kappa shape index (κ2) is 9.98. The van der Waals surface area contributed by atoms with Crippen LogP contribution in [0.4, 0.5) is 28.9 Å². The Bertz CT molecular complexity index is 1540. The zero-order valence-corrected chi connectivity index (χ0v) is 19.3. The predicted molar refractivity (Wildman–Crippen MR) is 131 cm³/mol. The highest BCUT2D eigenvalue weighted by atomic mass is 19.2. The first-order valence-electron chi connectivity index (χ1n) is 11.5. The van der Waals surface area contributed by atoms with E-state index >= 15 is 4.39 Å². The minimum Gasteiger partial charge on any atom is -0.368 e. The summed E-state index contributed by atoms with van der Waals surface area (Å²) in [7, 11) is 0. The maximum atomic E-state index is 15.3. The van der Waals surface area contributed by atoms with Crippen LogP contribution in [0.5, 0.6) is 0 Å². The van der Waals surface area contributed by atoms with E-state index in [1.54, 1.807) is 6.20 Å². The molecule has 0 aliphatic carbocycles. The van der Waals surface area contributed by atoms with Gasteiger partial charge in [0.1, 0.15) is 5.82 Å². The molecule has 0 saturated carbocycles. The van der Waals surface area contributed by atoms with Crippen molar-refractivity contribution < 1.29 is 27.2 Å². The van der Waals surface area contributed by atoms with Gasteiger partial charge >= 0.3 is 0 Å². The van der Waals surface area contributed by atoms with E-state index in [1.807, 2.05) is 6.07 Å². The van der Waals surface area contributed by atoms with Gasteiger partial charge in [-0.05, 0) is 42.5 Å². The van der Waals surface area contributed by atoms with Crippen molar-refractivity contribution in [1.82, 2.24) is 10.3 Å². The van der Waals surface area contributed by atoms with Crippen LogP contribution in [0.15, 0.2) is 60.8 Å². The van der Waals surface area contributed by atoms with Crippen molar-refractivity contribution in [3.63, 3.8) is 0 Å². The summed E-state index contributed by atoms with van der Waals surface area (Å²) in [5, 5.41) is 5.91. The average molecular weight is 508 g/mol. The molecule has 1 aromatic heterocycles. The number of carbonyl (C=O) groups is 2. The second-order valence-electron chi connectivity index (χ2n) is 8.54. The summed E-state index contributed by atoms with van der Waals surface area (Å²) in [6.45, 7) is 3.17. The number of fused-ring (bicyclic) bond motifs is 1. The fourth-order valence-corrected chi connectivity index (χ4v) is 4.22. The number of nitrogens with one attached hydrogen (secondary N) is 2. The van der Waals surface area contributed by atoms with E-state index < -0.39 is 46.2 Å². The Labute approximate surface area is 208 Å². The SMILES string of the molecule is O=C(Nc1cc(F)c(F)c(C(=O)c2ccc3ncc(N4CCNCC4)cc3c2)c1F)c1cccc(F)c1. The average Bonchev–Trinajstić information content (AvgIpc) is 2.91. The first-order chi connectivity index (χ1) is 17.8. The minimum atomic E-state index is -1.68. The van der Waals surface area contributed by atoms with Crippen LogP contribution in [0.25, 0.3) is 10.9 Å². The van der Waals surface area contributed by atoms with Gasteiger partial charge in [0.2, 0.25) is 0 Å². The minimum absolute atomic E-state index is 0.0856. The van der Waals surface area contributed by atoms with Gasteiger partial charge in [0.25, 0.3) is 5.91 Å². The van der Waals surface area contributed by atoms with Gasteiger partial charge in [-0.25, -0.2) is 17.6 Å². The molecule has 0 radical (unpaired) electrons. The molecule has 37 heavy (non-hydrogen) atoms. The topological polar surface area (TPSA) is 74.3 Å². The molecule has 1 aliphatic rings. The molecular formula is C27H20F4N4O2. The fourth-order valence-electron chi connectivity index (χ4n) is 4.22. The van der Waals surface area contributed by atoms with Crippen molar-refractivity contribution in [2.45, 2.75) is 0 Å². The molecular weight excluding hydrogens is 488 g/mol. The number of rotatable bonds is 5. The summed E-state index contributed by atoms with van der Waals surface area (Å²) in [5.74, 6) is -7.42. The van der Waals surface area contributed by atoms with E-state index in [0.29, 0.717) is 17.0 Å². The summed E-state index contributed by atoms with van der Waals surface area (Å²) >= 11 is 0. The Balaban J connectivity index is 1.49. The smallest absolute Gasteiger partial charge is 0.255 e. The van der Waals surface area contributed by atoms with Crippen molar-refractivity contribution in [2.75, 3.05) is 36.4 Å². The number of hydrogen-bond donors (Lipinski definition) is 2. The van der Waals surface area contributed by atoms with E-state index in [2.05, 4.69) is 20.5 Å². The highest BCUT2D eigenvalue weighted by Gasteiger charge is 2.27. The number of carbonyl (C=O) groups excluding carboxylic acids is 2. The van der Waals surface area contributed by atoms with E-state index in [-0.39, 0.29) is 11.1 Å². The highest BCUT2D eigenvalue weighted by Crippen LogP contribution is 2.28. The predicted octanol–water partition coefficient (Wildman–Crippen LogP) is 4.68. The van der Waals surface area contributed by atoms with Crippen molar-refractivity contribution in [1.29, 1.82) is 0 Å². The molecule has 0 spiro atoms. The normalized spacial score (nSPS) is 13.6. The number of halogens is 4. The summed E-state index contributed by atoms with van der Waals surface area (Å²) in [6.07, 6.45) is 1.72. The first-order valence-corrected chi connectivity index (χ1v) is 11.5. The van der Waals surface area contributed by atoms with Gasteiger partial charge in [-0.15, -0.1) is 0 Å². The number of hydrogen-bond acceptors (Lipinski definition) is 5. The fraction of sp³-hybridized carbons (Fsp3) is 0.148. The molecule has 0 atom stereocenters. The van der Waals surface area contributed by atoms with Crippen LogP contribution in [-0.4, -0.2) is 42.9 Å². The Morgan fingerprint density at radius 3 is 2.43 bits per heavy atom. The highest BCUT2D eigenvalue weighted by molar-refractivity contribution is 6.12. The second-order valence-corrected chi connectivity index (χ2v) is 8.54. The van der Waals surface area contributed by atoms with Gasteiger partial charge in [0, 0.05) is 48.8 Å². The van der Waals surface area contributed by atoms with Crippen LogP contribution in [0, 0.1) is 23.3 Å². The lowest BCUT2D eigenvalue weighted by molar-refractivity contribution is 0.101. The van der Waals surface area contributed by atoms with E-state index in [4.69, 9.17) is 0 Å². The van der Waals surface area contributed by atoms with Crippen LogP contribution >= 0.6 is 0 Å². The molecule has 5 rings (SSSR count). The van der Waals surface area contributed by atoms with Gasteiger partial charge in [-0.3, -0.25) is 14.6 Å². The summed E-state index contributed by atoms with van der Waals surface area (Å²) in [6, 6.07) is 11.1. The van der Waals surface area contributed by atoms with Crippen LogP contribution in [0.2, 0.25) is 0 Å². The molecule has 4 aromatic rings. The number of piperazine rings is 1. The first kappa shape index (κ1) is 24.4. The third kappa shape index (κ3) is 4.88. The molecule has 1 aliphatic heterocycles. The Kier molecular flexibility index (Phi) is 6.58. The van der Waals surface area contributed by atoms with Crippen molar-refractivity contribution in [2.24, 2.45) is 0 Å². The molecule has 0 unspecified atom stereocenters. The molecule has 2 N–H and O–H groups in total. The molecule has 2 heterocycles. The van der Waals surface area contributed by atoms with Crippen molar-refractivity contribution in [3.05, 3.63) is 101 Å². The van der Waals surface area contributed by atoms with Gasteiger partial charge in [-0.2, -0.15) is 0 Å².